The number of carbonyl (C=O) groups is 4. The summed E-state index contributed by atoms with van der Waals surface area (Å²) in [5.41, 5.74) is 2.08. The Bertz CT molecular complexity index is 1780. The van der Waals surface area contributed by atoms with Gasteiger partial charge in [-0.2, -0.15) is 0 Å². The highest BCUT2D eigenvalue weighted by Crippen LogP contribution is 2.20. The molecule has 0 spiro atoms. The average molecular weight is 743 g/mol. The Hall–Kier alpha value is -5.27. The summed E-state index contributed by atoms with van der Waals surface area (Å²) in [5, 5.41) is 34.1. The lowest BCUT2D eigenvalue weighted by Gasteiger charge is -2.29. The number of imidazole rings is 1. The molecule has 54 heavy (non-hydrogen) atoms. The fraction of sp³-hybridized carbons (Fsp3) is 0.439. The van der Waals surface area contributed by atoms with E-state index in [0.29, 0.717) is 12.1 Å². The van der Waals surface area contributed by atoms with Crippen molar-refractivity contribution in [1.82, 2.24) is 31.2 Å². The maximum Gasteiger partial charge on any atom is 0.408 e. The molecular weight excluding hydrogens is 688 g/mol. The molecule has 0 fully saturated rings. The van der Waals surface area contributed by atoms with Crippen LogP contribution < -0.4 is 21.3 Å². The van der Waals surface area contributed by atoms with Crippen molar-refractivity contribution in [2.45, 2.75) is 96.7 Å². The number of alkyl carbamates (subject to hydrolysis) is 1. The summed E-state index contributed by atoms with van der Waals surface area (Å²) in [6.45, 7) is 7.50. The second kappa shape index (κ2) is 20.8. The van der Waals surface area contributed by atoms with Crippen LogP contribution in [-0.4, -0.2) is 80.9 Å². The normalized spacial score (nSPS) is 14.6. The smallest absolute Gasteiger partial charge is 0.408 e. The van der Waals surface area contributed by atoms with Gasteiger partial charge in [-0.15, -0.1) is 0 Å². The van der Waals surface area contributed by atoms with Gasteiger partial charge in [-0.1, -0.05) is 107 Å². The first-order valence-electron chi connectivity index (χ1n) is 18.6. The summed E-state index contributed by atoms with van der Waals surface area (Å²) < 4.78 is 5.47. The zero-order chi connectivity index (χ0) is 39.0. The van der Waals surface area contributed by atoms with Gasteiger partial charge < -0.3 is 41.2 Å². The van der Waals surface area contributed by atoms with Gasteiger partial charge in [0.2, 0.25) is 17.7 Å². The molecule has 7 N–H and O–H groups in total. The van der Waals surface area contributed by atoms with Crippen LogP contribution in [0.25, 0.3) is 10.8 Å². The minimum Gasteiger partial charge on any atom is -0.445 e. The number of rotatable bonds is 20. The number of H-pyrrole nitrogens is 1. The van der Waals surface area contributed by atoms with E-state index in [-0.39, 0.29) is 44.3 Å². The van der Waals surface area contributed by atoms with Crippen molar-refractivity contribution >= 4 is 34.6 Å². The van der Waals surface area contributed by atoms with E-state index in [9.17, 15) is 29.4 Å². The predicted octanol–water partition coefficient (Wildman–Crippen LogP) is 3.93. The second-order valence-corrected chi connectivity index (χ2v) is 14.2. The van der Waals surface area contributed by atoms with Crippen molar-refractivity contribution < 1.29 is 34.1 Å². The molecule has 4 amide bonds. The molecule has 0 saturated carbocycles. The topological polar surface area (TPSA) is 195 Å². The molecule has 0 saturated heterocycles. The van der Waals surface area contributed by atoms with Crippen molar-refractivity contribution in [3.63, 3.8) is 0 Å². The van der Waals surface area contributed by atoms with Gasteiger partial charge in [-0.3, -0.25) is 14.4 Å². The largest absolute Gasteiger partial charge is 0.445 e. The van der Waals surface area contributed by atoms with E-state index < -0.39 is 54.1 Å². The van der Waals surface area contributed by atoms with E-state index in [1.807, 2.05) is 100 Å². The first-order valence-corrected chi connectivity index (χ1v) is 18.6. The molecule has 0 unspecified atom stereocenters. The molecule has 1 aromatic heterocycles. The fourth-order valence-corrected chi connectivity index (χ4v) is 6.25. The van der Waals surface area contributed by atoms with Gasteiger partial charge in [0.05, 0.1) is 43.2 Å². The molecule has 0 bridgehead atoms. The van der Waals surface area contributed by atoms with Crippen LogP contribution in [-0.2, 0) is 38.6 Å². The molecule has 6 atom stereocenters. The molecular formula is C41H54N6O7. The molecule has 0 aliphatic heterocycles. The molecule has 290 valence electrons. The number of aromatic nitrogens is 2. The molecule has 0 radical (unpaired) electrons. The van der Waals surface area contributed by atoms with Crippen LogP contribution in [0.2, 0.25) is 0 Å². The van der Waals surface area contributed by atoms with Crippen LogP contribution in [0.1, 0.15) is 63.8 Å². The SMILES string of the molecule is CC[C@H](C)[C@@H](CO)NC(=O)C[C@H](O)[C@H](CC(C)C)NC(=O)[C@@H](Cc1c[nH]cn1)NC(=O)[C@H](Cc1cccc2ccccc12)NC(=O)OCc1ccccc1. The van der Waals surface area contributed by atoms with Gasteiger partial charge in [0.25, 0.3) is 0 Å². The number of hydrogen-bond acceptors (Lipinski definition) is 8. The highest BCUT2D eigenvalue weighted by molar-refractivity contribution is 5.93. The standard InChI is InChI=1S/C41H54N6O7/c1-5-27(4)36(23-48)44-38(50)21-37(49)33(18-26(2)3)45-40(52)35(20-31-22-42-25-43-31)46-39(51)34(47-41(53)54-24-28-12-7-6-8-13-28)19-30-16-11-15-29-14-9-10-17-32(29)30/h6-17,22,25-27,33-37,48-49H,5,18-21,23-24H2,1-4H3,(H,42,43)(H,44,50)(H,45,52)(H,46,51)(H,47,53)/t27-,33-,34-,35+,36+,37-/m0/s1. The summed E-state index contributed by atoms with van der Waals surface area (Å²) in [5.74, 6) is -1.62. The zero-order valence-corrected chi connectivity index (χ0v) is 31.5. The minimum absolute atomic E-state index is 0.00141. The van der Waals surface area contributed by atoms with Crippen LogP contribution in [0.5, 0.6) is 0 Å². The summed E-state index contributed by atoms with van der Waals surface area (Å²) in [6.07, 6.45) is 1.90. The van der Waals surface area contributed by atoms with E-state index in [2.05, 4.69) is 31.2 Å². The highest BCUT2D eigenvalue weighted by Gasteiger charge is 2.32. The first-order chi connectivity index (χ1) is 26.0. The van der Waals surface area contributed by atoms with E-state index in [1.54, 1.807) is 6.20 Å². The average Bonchev–Trinajstić information content (AvgIpc) is 3.68. The van der Waals surface area contributed by atoms with Gasteiger partial charge in [-0.05, 0) is 40.2 Å². The van der Waals surface area contributed by atoms with Crippen molar-refractivity contribution in [3.05, 3.63) is 102 Å². The number of amides is 4. The van der Waals surface area contributed by atoms with Gasteiger partial charge in [0.1, 0.15) is 18.7 Å². The van der Waals surface area contributed by atoms with Crippen LogP contribution in [0.3, 0.4) is 0 Å². The third kappa shape index (κ3) is 12.7. The van der Waals surface area contributed by atoms with E-state index in [0.717, 1.165) is 28.3 Å². The number of aromatic amines is 1. The van der Waals surface area contributed by atoms with E-state index in [4.69, 9.17) is 4.74 Å². The quantitative estimate of drug-likeness (QED) is 0.0708. The van der Waals surface area contributed by atoms with Crippen molar-refractivity contribution in [2.75, 3.05) is 6.61 Å². The monoisotopic (exact) mass is 742 g/mol. The molecule has 13 nitrogen and oxygen atoms in total. The van der Waals surface area contributed by atoms with Crippen LogP contribution in [0.15, 0.2) is 85.3 Å². The summed E-state index contributed by atoms with van der Waals surface area (Å²) >= 11 is 0. The summed E-state index contributed by atoms with van der Waals surface area (Å²) in [4.78, 5) is 61.4. The van der Waals surface area contributed by atoms with Crippen LogP contribution in [0.4, 0.5) is 4.79 Å². The van der Waals surface area contributed by atoms with Crippen LogP contribution >= 0.6 is 0 Å². The van der Waals surface area contributed by atoms with Crippen molar-refractivity contribution in [2.24, 2.45) is 11.8 Å². The first kappa shape index (κ1) is 41.5. The zero-order valence-electron chi connectivity index (χ0n) is 31.5. The minimum atomic E-state index is -1.26. The number of fused-ring (bicyclic) bond motifs is 1. The van der Waals surface area contributed by atoms with Gasteiger partial charge in [0.15, 0.2) is 0 Å². The van der Waals surface area contributed by atoms with E-state index >= 15 is 0 Å². The number of benzene rings is 3. The molecule has 3 aromatic carbocycles. The number of ether oxygens (including phenoxy) is 1. The van der Waals surface area contributed by atoms with Crippen molar-refractivity contribution in [3.8, 4) is 0 Å². The third-order valence-corrected chi connectivity index (χ3v) is 9.51. The Morgan fingerprint density at radius 2 is 1.50 bits per heavy atom. The number of aliphatic hydroxyl groups is 2. The maximum atomic E-state index is 14.2. The molecule has 4 rings (SSSR count). The molecule has 0 aliphatic rings. The Kier molecular flexibility index (Phi) is 16.0. The van der Waals surface area contributed by atoms with Gasteiger partial charge >= 0.3 is 6.09 Å². The number of hydrogen-bond donors (Lipinski definition) is 7. The lowest BCUT2D eigenvalue weighted by molar-refractivity contribution is -0.131. The Balaban J connectivity index is 1.55. The Morgan fingerprint density at radius 3 is 2.19 bits per heavy atom. The van der Waals surface area contributed by atoms with Crippen molar-refractivity contribution in [1.29, 1.82) is 0 Å². The number of nitrogens with one attached hydrogen (secondary N) is 5. The summed E-state index contributed by atoms with van der Waals surface area (Å²) in [7, 11) is 0. The second-order valence-electron chi connectivity index (χ2n) is 14.2. The molecule has 4 aromatic rings. The number of aliphatic hydroxyl groups excluding tert-OH is 2. The van der Waals surface area contributed by atoms with Gasteiger partial charge in [0, 0.05) is 19.0 Å². The van der Waals surface area contributed by atoms with Gasteiger partial charge in [-0.25, -0.2) is 9.78 Å². The molecule has 0 aliphatic carbocycles. The number of nitrogens with zero attached hydrogens (tertiary/aromatic N) is 1. The maximum absolute atomic E-state index is 14.2. The lowest BCUT2D eigenvalue weighted by Crippen LogP contribution is -2.57. The predicted molar refractivity (Wildman–Crippen MR) is 206 cm³/mol. The highest BCUT2D eigenvalue weighted by atomic mass is 16.5. The number of carbonyl (C=O) groups excluding carboxylic acids is 4. The van der Waals surface area contributed by atoms with Crippen LogP contribution in [0, 0.1) is 11.8 Å². The Labute approximate surface area is 316 Å². The Morgan fingerprint density at radius 1 is 0.815 bits per heavy atom. The fourth-order valence-electron chi connectivity index (χ4n) is 6.25. The lowest BCUT2D eigenvalue weighted by atomic mass is 9.95. The molecule has 13 heteroatoms. The summed E-state index contributed by atoms with van der Waals surface area (Å²) in [6, 6.07) is 19.0. The van der Waals surface area contributed by atoms with E-state index in [1.165, 1.54) is 6.33 Å². The third-order valence-electron chi connectivity index (χ3n) is 9.51. The molecule has 1 heterocycles.